The molecule has 160 valence electrons. The molecule has 0 saturated heterocycles. The second-order valence-corrected chi connectivity index (χ2v) is 11.6. The molecule has 1 aliphatic rings. The largest absolute Gasteiger partial charge is 0.342 e. The molecular formula is C22H32N2O3S2. The van der Waals surface area contributed by atoms with Crippen molar-refractivity contribution < 1.29 is 13.2 Å². The number of thiophene rings is 1. The number of carbonyl (C=O) groups excluding carboxylic acids is 1. The number of fused-ring (bicyclic) bond motifs is 1. The first kappa shape index (κ1) is 22.1. The van der Waals surface area contributed by atoms with Crippen LogP contribution in [0.15, 0.2) is 24.3 Å². The van der Waals surface area contributed by atoms with Gasteiger partial charge >= 0.3 is 0 Å². The summed E-state index contributed by atoms with van der Waals surface area (Å²) in [4.78, 5) is 13.6. The molecule has 0 aliphatic heterocycles. The summed E-state index contributed by atoms with van der Waals surface area (Å²) in [5, 5.41) is 1.94. The minimum absolute atomic E-state index is 0.0440. The van der Waals surface area contributed by atoms with Crippen molar-refractivity contribution in [3.05, 3.63) is 29.8 Å². The van der Waals surface area contributed by atoms with Crippen LogP contribution in [-0.4, -0.2) is 44.6 Å². The van der Waals surface area contributed by atoms with E-state index in [0.717, 1.165) is 27.1 Å². The zero-order chi connectivity index (χ0) is 21.2. The summed E-state index contributed by atoms with van der Waals surface area (Å²) in [6.45, 7) is 8.92. The minimum Gasteiger partial charge on any atom is -0.342 e. The molecule has 7 heteroatoms. The summed E-state index contributed by atoms with van der Waals surface area (Å²) in [6.07, 6.45) is 3.30. The van der Waals surface area contributed by atoms with Gasteiger partial charge in [0.25, 0.3) is 0 Å². The number of anilines is 1. The Morgan fingerprint density at radius 3 is 2.48 bits per heavy atom. The Hall–Kier alpha value is -1.60. The molecule has 5 nitrogen and oxygen atoms in total. The van der Waals surface area contributed by atoms with E-state index in [-0.39, 0.29) is 18.2 Å². The Bertz CT molecular complexity index is 962. The second-order valence-electron chi connectivity index (χ2n) is 8.51. The Labute approximate surface area is 178 Å². The molecule has 1 saturated carbocycles. The zero-order valence-corrected chi connectivity index (χ0v) is 19.5. The molecule has 0 spiro atoms. The molecule has 1 aliphatic carbocycles. The van der Waals surface area contributed by atoms with E-state index in [1.165, 1.54) is 19.8 Å². The van der Waals surface area contributed by atoms with Crippen LogP contribution in [0.3, 0.4) is 0 Å². The van der Waals surface area contributed by atoms with Crippen LogP contribution in [0.25, 0.3) is 10.1 Å². The summed E-state index contributed by atoms with van der Waals surface area (Å²) in [6, 6.07) is 8.08. The van der Waals surface area contributed by atoms with E-state index in [1.54, 1.807) is 20.5 Å². The summed E-state index contributed by atoms with van der Waals surface area (Å²) in [5.41, 5.74) is 1.02. The fourth-order valence-electron chi connectivity index (χ4n) is 3.63. The predicted molar refractivity (Wildman–Crippen MR) is 122 cm³/mol. The molecule has 1 fully saturated rings. The number of hydrogen-bond acceptors (Lipinski definition) is 4. The van der Waals surface area contributed by atoms with Gasteiger partial charge in [-0.3, -0.25) is 9.10 Å². The number of benzene rings is 1. The number of carbonyl (C=O) groups is 1. The highest BCUT2D eigenvalue weighted by molar-refractivity contribution is 7.93. The van der Waals surface area contributed by atoms with Gasteiger partial charge < -0.3 is 4.90 Å². The van der Waals surface area contributed by atoms with Crippen molar-refractivity contribution in [1.82, 2.24) is 4.90 Å². The molecule has 0 radical (unpaired) electrons. The lowest BCUT2D eigenvalue weighted by Crippen LogP contribution is -2.41. The molecule has 3 rings (SSSR count). The van der Waals surface area contributed by atoms with Gasteiger partial charge in [0.2, 0.25) is 15.9 Å². The van der Waals surface area contributed by atoms with Crippen LogP contribution >= 0.6 is 11.3 Å². The van der Waals surface area contributed by atoms with Crippen LogP contribution in [0.5, 0.6) is 0 Å². The predicted octanol–water partition coefficient (Wildman–Crippen LogP) is 4.65. The summed E-state index contributed by atoms with van der Waals surface area (Å²) in [5.74, 6) is 0.836. The standard InChI is InChI=1S/C22H32N2O3S2/c1-16(2)15-23(18(4)25)13-14-29(26,27)24(12-11-19-9-10-19)22-17(3)20-7-5-6-8-21(20)28-22/h5-8,16,19H,9-15H2,1-4H3. The van der Waals surface area contributed by atoms with Crippen molar-refractivity contribution in [2.75, 3.05) is 29.7 Å². The Morgan fingerprint density at radius 2 is 1.90 bits per heavy atom. The molecule has 0 atom stereocenters. The maximum atomic E-state index is 13.4. The molecule has 1 heterocycles. The highest BCUT2D eigenvalue weighted by atomic mass is 32.2. The van der Waals surface area contributed by atoms with Gasteiger partial charge in [-0.25, -0.2) is 8.42 Å². The number of sulfonamides is 1. The Balaban J connectivity index is 1.86. The SMILES string of the molecule is CC(=O)N(CCS(=O)(=O)N(CCC1CC1)c1sc2ccccc2c1C)CC(C)C. The number of rotatable bonds is 10. The molecule has 1 aromatic heterocycles. The van der Waals surface area contributed by atoms with E-state index in [2.05, 4.69) is 6.07 Å². The van der Waals surface area contributed by atoms with E-state index in [4.69, 9.17) is 0 Å². The van der Waals surface area contributed by atoms with Crippen LogP contribution in [-0.2, 0) is 14.8 Å². The van der Waals surface area contributed by atoms with Crippen LogP contribution < -0.4 is 4.31 Å². The summed E-state index contributed by atoms with van der Waals surface area (Å²) < 4.78 is 29.5. The lowest BCUT2D eigenvalue weighted by molar-refractivity contribution is -0.129. The van der Waals surface area contributed by atoms with Gasteiger partial charge in [0.1, 0.15) is 5.00 Å². The monoisotopic (exact) mass is 436 g/mol. The van der Waals surface area contributed by atoms with Crippen LogP contribution in [0.1, 0.15) is 45.6 Å². The third-order valence-electron chi connectivity index (χ3n) is 5.47. The molecule has 0 N–H and O–H groups in total. The fourth-order valence-corrected chi connectivity index (χ4v) is 6.67. The third kappa shape index (κ3) is 5.51. The first-order valence-corrected chi connectivity index (χ1v) is 12.9. The molecule has 0 bridgehead atoms. The van der Waals surface area contributed by atoms with Gasteiger partial charge in [0.05, 0.1) is 5.75 Å². The van der Waals surface area contributed by atoms with Gasteiger partial charge in [-0.15, -0.1) is 11.3 Å². The first-order chi connectivity index (χ1) is 13.7. The highest BCUT2D eigenvalue weighted by Gasteiger charge is 2.30. The van der Waals surface area contributed by atoms with Crippen LogP contribution in [0, 0.1) is 18.8 Å². The molecule has 1 amide bonds. The van der Waals surface area contributed by atoms with Crippen molar-refractivity contribution in [1.29, 1.82) is 0 Å². The van der Waals surface area contributed by atoms with Gasteiger partial charge in [-0.2, -0.15) is 0 Å². The molecular weight excluding hydrogens is 404 g/mol. The van der Waals surface area contributed by atoms with Gasteiger partial charge in [0, 0.05) is 31.3 Å². The lowest BCUT2D eigenvalue weighted by Gasteiger charge is -2.27. The van der Waals surface area contributed by atoms with Crippen LogP contribution in [0.4, 0.5) is 5.00 Å². The van der Waals surface area contributed by atoms with E-state index in [1.807, 2.05) is 39.0 Å². The maximum Gasteiger partial charge on any atom is 0.237 e. The normalized spacial score (nSPS) is 14.5. The fraction of sp³-hybridized carbons (Fsp3) is 0.591. The summed E-state index contributed by atoms with van der Waals surface area (Å²) in [7, 11) is -3.53. The van der Waals surface area contributed by atoms with Crippen molar-refractivity contribution in [3.8, 4) is 0 Å². The second kappa shape index (κ2) is 9.04. The number of hydrogen-bond donors (Lipinski definition) is 0. The number of amides is 1. The minimum atomic E-state index is -3.53. The third-order valence-corrected chi connectivity index (χ3v) is 8.61. The Morgan fingerprint density at radius 1 is 1.21 bits per heavy atom. The molecule has 2 aromatic rings. The quantitative estimate of drug-likeness (QED) is 0.545. The molecule has 0 unspecified atom stereocenters. The lowest BCUT2D eigenvalue weighted by atomic mass is 10.2. The average molecular weight is 437 g/mol. The summed E-state index contributed by atoms with van der Waals surface area (Å²) >= 11 is 1.55. The van der Waals surface area contributed by atoms with E-state index >= 15 is 0 Å². The van der Waals surface area contributed by atoms with Crippen molar-refractivity contribution in [2.24, 2.45) is 11.8 Å². The van der Waals surface area contributed by atoms with Crippen molar-refractivity contribution >= 4 is 42.4 Å². The van der Waals surface area contributed by atoms with Gasteiger partial charge in [-0.05, 0) is 42.2 Å². The van der Waals surface area contributed by atoms with Gasteiger partial charge in [-0.1, -0.05) is 44.9 Å². The smallest absolute Gasteiger partial charge is 0.237 e. The van der Waals surface area contributed by atoms with Crippen molar-refractivity contribution in [3.63, 3.8) is 0 Å². The number of aryl methyl sites for hydroxylation is 1. The maximum absolute atomic E-state index is 13.4. The first-order valence-electron chi connectivity index (χ1n) is 10.4. The molecule has 1 aromatic carbocycles. The molecule has 29 heavy (non-hydrogen) atoms. The van der Waals surface area contributed by atoms with E-state index in [0.29, 0.717) is 24.9 Å². The number of nitrogens with zero attached hydrogens (tertiary/aromatic N) is 2. The van der Waals surface area contributed by atoms with E-state index in [9.17, 15) is 13.2 Å². The topological polar surface area (TPSA) is 57.7 Å². The van der Waals surface area contributed by atoms with E-state index < -0.39 is 10.0 Å². The van der Waals surface area contributed by atoms with Crippen molar-refractivity contribution in [2.45, 2.75) is 47.0 Å². The van der Waals surface area contributed by atoms with Gasteiger partial charge in [0.15, 0.2) is 0 Å². The Kier molecular flexibility index (Phi) is 6.89. The average Bonchev–Trinajstić information content (AvgIpc) is 3.42. The van der Waals surface area contributed by atoms with Crippen LogP contribution in [0.2, 0.25) is 0 Å². The zero-order valence-electron chi connectivity index (χ0n) is 17.8. The highest BCUT2D eigenvalue weighted by Crippen LogP contribution is 2.40.